The van der Waals surface area contributed by atoms with Gasteiger partial charge in [0.2, 0.25) is 5.91 Å². The van der Waals surface area contributed by atoms with E-state index in [9.17, 15) is 4.79 Å². The van der Waals surface area contributed by atoms with E-state index >= 15 is 0 Å². The first kappa shape index (κ1) is 13.2. The number of nitrogens with one attached hydrogen (secondary N) is 1. The molecule has 0 saturated heterocycles. The third-order valence-corrected chi connectivity index (χ3v) is 3.35. The molecule has 0 spiro atoms. The number of rotatable bonds is 6. The Morgan fingerprint density at radius 1 is 1.69 bits per heavy atom. The standard InChI is InChI=1S/C11H18N2O2S/c1-8(10-4-3-7-16-10)13-11(14)9(12)5-6-15-2/h3-4,7-9H,5-6,12H2,1-2H3,(H,13,14)/t8-,9?/m0/s1. The van der Waals surface area contributed by atoms with Gasteiger partial charge in [-0.2, -0.15) is 0 Å². The van der Waals surface area contributed by atoms with E-state index in [1.807, 2.05) is 24.4 Å². The number of ether oxygens (including phenoxy) is 1. The zero-order valence-electron chi connectivity index (χ0n) is 9.60. The number of nitrogens with two attached hydrogens (primary N) is 1. The maximum Gasteiger partial charge on any atom is 0.237 e. The molecule has 1 aromatic rings. The zero-order chi connectivity index (χ0) is 12.0. The lowest BCUT2D eigenvalue weighted by molar-refractivity contribution is -0.123. The van der Waals surface area contributed by atoms with Crippen LogP contribution in [0.25, 0.3) is 0 Å². The predicted octanol–water partition coefficient (Wildman–Crippen LogP) is 1.29. The Kier molecular flexibility index (Phi) is 5.45. The van der Waals surface area contributed by atoms with Gasteiger partial charge in [0.15, 0.2) is 0 Å². The minimum atomic E-state index is -0.498. The van der Waals surface area contributed by atoms with Gasteiger partial charge in [0.1, 0.15) is 0 Å². The molecule has 16 heavy (non-hydrogen) atoms. The van der Waals surface area contributed by atoms with Gasteiger partial charge in [-0.1, -0.05) is 6.07 Å². The van der Waals surface area contributed by atoms with Crippen LogP contribution in [0.4, 0.5) is 0 Å². The van der Waals surface area contributed by atoms with Crippen molar-refractivity contribution < 1.29 is 9.53 Å². The van der Waals surface area contributed by atoms with Crippen LogP contribution in [0.15, 0.2) is 17.5 Å². The van der Waals surface area contributed by atoms with E-state index < -0.39 is 6.04 Å². The fourth-order valence-electron chi connectivity index (χ4n) is 1.31. The fourth-order valence-corrected chi connectivity index (χ4v) is 2.04. The molecule has 1 rings (SSSR count). The van der Waals surface area contributed by atoms with Crippen molar-refractivity contribution in [2.24, 2.45) is 5.73 Å². The van der Waals surface area contributed by atoms with Gasteiger partial charge in [-0.3, -0.25) is 4.79 Å². The van der Waals surface area contributed by atoms with Gasteiger partial charge in [-0.25, -0.2) is 0 Å². The maximum atomic E-state index is 11.7. The molecule has 0 aliphatic heterocycles. The molecule has 1 amide bonds. The highest BCUT2D eigenvalue weighted by Gasteiger charge is 2.16. The molecule has 0 bridgehead atoms. The van der Waals surface area contributed by atoms with E-state index in [1.165, 1.54) is 0 Å². The zero-order valence-corrected chi connectivity index (χ0v) is 10.4. The summed E-state index contributed by atoms with van der Waals surface area (Å²) in [5, 5.41) is 4.87. The summed E-state index contributed by atoms with van der Waals surface area (Å²) in [6.45, 7) is 2.45. The second kappa shape index (κ2) is 6.62. The molecule has 1 heterocycles. The van der Waals surface area contributed by atoms with E-state index in [0.29, 0.717) is 13.0 Å². The highest BCUT2D eigenvalue weighted by atomic mass is 32.1. The molecule has 3 N–H and O–H groups in total. The smallest absolute Gasteiger partial charge is 0.237 e. The molecule has 2 atom stereocenters. The van der Waals surface area contributed by atoms with Crippen molar-refractivity contribution >= 4 is 17.2 Å². The average Bonchev–Trinajstić information content (AvgIpc) is 2.79. The largest absolute Gasteiger partial charge is 0.385 e. The Hall–Kier alpha value is -0.910. The molecule has 1 aromatic heterocycles. The summed E-state index contributed by atoms with van der Waals surface area (Å²) in [4.78, 5) is 12.8. The Balaban J connectivity index is 2.39. The molecule has 5 heteroatoms. The molecule has 0 radical (unpaired) electrons. The van der Waals surface area contributed by atoms with Gasteiger partial charge in [0.25, 0.3) is 0 Å². The Bertz CT molecular complexity index is 314. The lowest BCUT2D eigenvalue weighted by atomic mass is 10.2. The van der Waals surface area contributed by atoms with Gasteiger partial charge in [0.05, 0.1) is 12.1 Å². The van der Waals surface area contributed by atoms with E-state index in [1.54, 1.807) is 18.4 Å². The summed E-state index contributed by atoms with van der Waals surface area (Å²) >= 11 is 1.62. The lowest BCUT2D eigenvalue weighted by Crippen LogP contribution is -2.42. The number of thiophene rings is 1. The molecule has 0 aliphatic carbocycles. The highest BCUT2D eigenvalue weighted by molar-refractivity contribution is 7.10. The van der Waals surface area contributed by atoms with Crippen molar-refractivity contribution in [2.45, 2.75) is 25.4 Å². The average molecular weight is 242 g/mol. The van der Waals surface area contributed by atoms with Gasteiger partial charge >= 0.3 is 0 Å². The summed E-state index contributed by atoms with van der Waals surface area (Å²) in [5.74, 6) is -0.127. The topological polar surface area (TPSA) is 64.3 Å². The first-order valence-electron chi connectivity index (χ1n) is 5.23. The summed E-state index contributed by atoms with van der Waals surface area (Å²) in [5.41, 5.74) is 5.72. The van der Waals surface area contributed by atoms with Gasteiger partial charge < -0.3 is 15.8 Å². The van der Waals surface area contributed by atoms with E-state index in [0.717, 1.165) is 4.88 Å². The van der Waals surface area contributed by atoms with E-state index in [4.69, 9.17) is 10.5 Å². The summed E-state index contributed by atoms with van der Waals surface area (Å²) in [6.07, 6.45) is 0.541. The molecule has 0 aromatic carbocycles. The number of hydrogen-bond donors (Lipinski definition) is 2. The summed E-state index contributed by atoms with van der Waals surface area (Å²) in [6, 6.07) is 3.48. The van der Waals surface area contributed by atoms with Crippen molar-refractivity contribution in [1.82, 2.24) is 5.32 Å². The van der Waals surface area contributed by atoms with Crippen molar-refractivity contribution in [3.05, 3.63) is 22.4 Å². The molecule has 0 fully saturated rings. The first-order valence-corrected chi connectivity index (χ1v) is 6.11. The van der Waals surface area contributed by atoms with Crippen LogP contribution in [0, 0.1) is 0 Å². The lowest BCUT2D eigenvalue weighted by Gasteiger charge is -2.16. The van der Waals surface area contributed by atoms with Crippen LogP contribution in [0.2, 0.25) is 0 Å². The maximum absolute atomic E-state index is 11.7. The number of amides is 1. The first-order chi connectivity index (χ1) is 7.65. The van der Waals surface area contributed by atoms with Crippen molar-refractivity contribution in [2.75, 3.05) is 13.7 Å². The van der Waals surface area contributed by atoms with Crippen LogP contribution in [0.1, 0.15) is 24.3 Å². The minimum Gasteiger partial charge on any atom is -0.385 e. The van der Waals surface area contributed by atoms with Crippen LogP contribution in [-0.4, -0.2) is 25.7 Å². The molecule has 4 nitrogen and oxygen atoms in total. The number of methoxy groups -OCH3 is 1. The van der Waals surface area contributed by atoms with E-state index in [-0.39, 0.29) is 11.9 Å². The monoisotopic (exact) mass is 242 g/mol. The van der Waals surface area contributed by atoms with Gasteiger partial charge in [-0.15, -0.1) is 11.3 Å². The van der Waals surface area contributed by atoms with Crippen LogP contribution < -0.4 is 11.1 Å². The second-order valence-electron chi connectivity index (χ2n) is 3.63. The van der Waals surface area contributed by atoms with Crippen molar-refractivity contribution in [3.8, 4) is 0 Å². The Labute approximate surface area is 99.8 Å². The highest BCUT2D eigenvalue weighted by Crippen LogP contribution is 2.17. The molecule has 1 unspecified atom stereocenters. The van der Waals surface area contributed by atoms with Crippen LogP contribution in [0.5, 0.6) is 0 Å². The Morgan fingerprint density at radius 3 is 3.00 bits per heavy atom. The molecule has 90 valence electrons. The van der Waals surface area contributed by atoms with Gasteiger partial charge in [0, 0.05) is 18.6 Å². The molecule has 0 saturated carbocycles. The fraction of sp³-hybridized carbons (Fsp3) is 0.545. The number of carbonyl (C=O) groups excluding carboxylic acids is 1. The van der Waals surface area contributed by atoms with Crippen molar-refractivity contribution in [1.29, 1.82) is 0 Å². The van der Waals surface area contributed by atoms with Crippen molar-refractivity contribution in [3.63, 3.8) is 0 Å². The van der Waals surface area contributed by atoms with E-state index in [2.05, 4.69) is 5.32 Å². The predicted molar refractivity (Wildman–Crippen MR) is 65.3 cm³/mol. The van der Waals surface area contributed by atoms with Crippen LogP contribution in [0.3, 0.4) is 0 Å². The third kappa shape index (κ3) is 3.92. The SMILES string of the molecule is COCCC(N)C(=O)N[C@@H](C)c1cccs1. The normalized spacial score (nSPS) is 14.4. The summed E-state index contributed by atoms with van der Waals surface area (Å²) < 4.78 is 4.88. The summed E-state index contributed by atoms with van der Waals surface area (Å²) in [7, 11) is 1.60. The van der Waals surface area contributed by atoms with Crippen LogP contribution >= 0.6 is 11.3 Å². The Morgan fingerprint density at radius 2 is 2.44 bits per heavy atom. The third-order valence-electron chi connectivity index (χ3n) is 2.30. The number of carbonyl (C=O) groups is 1. The second-order valence-corrected chi connectivity index (χ2v) is 4.61. The molecule has 0 aliphatic rings. The van der Waals surface area contributed by atoms with Gasteiger partial charge in [-0.05, 0) is 24.8 Å². The minimum absolute atomic E-state index is 0.0149. The quantitative estimate of drug-likeness (QED) is 0.790. The molecular weight excluding hydrogens is 224 g/mol. The molecular formula is C11H18N2O2S. The number of hydrogen-bond acceptors (Lipinski definition) is 4. The van der Waals surface area contributed by atoms with Crippen LogP contribution in [-0.2, 0) is 9.53 Å².